The first kappa shape index (κ1) is 13.0. The lowest BCUT2D eigenvalue weighted by Crippen LogP contribution is -2.24. The third-order valence-electron chi connectivity index (χ3n) is 4.12. The fourth-order valence-electron chi connectivity index (χ4n) is 2.85. The molecule has 1 heterocycles. The molecule has 5 heteroatoms. The van der Waals surface area contributed by atoms with Crippen LogP contribution in [0.2, 0.25) is 0 Å². The van der Waals surface area contributed by atoms with Crippen LogP contribution in [0.4, 0.5) is 4.39 Å². The summed E-state index contributed by atoms with van der Waals surface area (Å²) in [6.07, 6.45) is 2.27. The van der Waals surface area contributed by atoms with E-state index in [9.17, 15) is 9.18 Å². The minimum Gasteiger partial charge on any atom is -0.273 e. The van der Waals surface area contributed by atoms with Crippen LogP contribution in [0.1, 0.15) is 17.9 Å². The standard InChI is InChI=1S/C17H14FN3O/c18-14-6-2-1-5-11(14)12-9-13(12)17(22)20-21-10-19-15-7-3-4-8-16(15)21/h1-8,10,12-13H,9H2,(H,20,22)/t12-,13+/m1/s1. The van der Waals surface area contributed by atoms with E-state index in [0.29, 0.717) is 12.0 Å². The summed E-state index contributed by atoms with van der Waals surface area (Å²) in [5, 5.41) is 0. The van der Waals surface area contributed by atoms with Crippen molar-refractivity contribution >= 4 is 16.9 Å². The summed E-state index contributed by atoms with van der Waals surface area (Å²) in [6.45, 7) is 0. The molecule has 3 aromatic rings. The Labute approximate surface area is 126 Å². The molecule has 0 aliphatic heterocycles. The van der Waals surface area contributed by atoms with E-state index in [1.54, 1.807) is 29.2 Å². The molecule has 4 rings (SSSR count). The number of rotatable bonds is 3. The number of nitrogens with one attached hydrogen (secondary N) is 1. The first-order chi connectivity index (χ1) is 10.7. The molecule has 0 bridgehead atoms. The second-order valence-corrected chi connectivity index (χ2v) is 5.55. The van der Waals surface area contributed by atoms with Gasteiger partial charge < -0.3 is 0 Å². The molecule has 4 nitrogen and oxygen atoms in total. The van der Waals surface area contributed by atoms with Gasteiger partial charge in [-0.25, -0.2) is 14.1 Å². The van der Waals surface area contributed by atoms with Crippen molar-refractivity contribution in [2.24, 2.45) is 5.92 Å². The fraction of sp³-hybridized carbons (Fsp3) is 0.176. The first-order valence-corrected chi connectivity index (χ1v) is 7.21. The van der Waals surface area contributed by atoms with Gasteiger partial charge in [-0.05, 0) is 36.1 Å². The minimum atomic E-state index is -0.240. The topological polar surface area (TPSA) is 46.9 Å². The zero-order chi connectivity index (χ0) is 15.1. The van der Waals surface area contributed by atoms with Crippen molar-refractivity contribution in [2.75, 3.05) is 5.43 Å². The molecule has 0 radical (unpaired) electrons. The smallest absolute Gasteiger partial charge is 0.242 e. The van der Waals surface area contributed by atoms with Crippen LogP contribution in [0.3, 0.4) is 0 Å². The summed E-state index contributed by atoms with van der Waals surface area (Å²) >= 11 is 0. The Hall–Kier alpha value is -2.69. The molecule has 1 fully saturated rings. The number of hydrogen-bond donors (Lipinski definition) is 1. The Morgan fingerprint density at radius 1 is 1.18 bits per heavy atom. The molecule has 0 unspecified atom stereocenters. The molecule has 0 saturated heterocycles. The molecule has 1 aromatic heterocycles. The number of halogens is 1. The summed E-state index contributed by atoms with van der Waals surface area (Å²) < 4.78 is 15.4. The van der Waals surface area contributed by atoms with Gasteiger partial charge in [-0.2, -0.15) is 0 Å². The Balaban J connectivity index is 1.51. The number of amides is 1. The second kappa shape index (κ2) is 4.94. The summed E-state index contributed by atoms with van der Waals surface area (Å²) in [7, 11) is 0. The number of aromatic nitrogens is 2. The molecule has 2 atom stereocenters. The van der Waals surface area contributed by atoms with Gasteiger partial charge in [-0.1, -0.05) is 30.3 Å². The lowest BCUT2D eigenvalue weighted by molar-refractivity contribution is -0.118. The molecular formula is C17H14FN3O. The highest BCUT2D eigenvalue weighted by atomic mass is 19.1. The number of para-hydroxylation sites is 2. The van der Waals surface area contributed by atoms with Crippen LogP contribution >= 0.6 is 0 Å². The fourth-order valence-corrected chi connectivity index (χ4v) is 2.85. The number of hydrogen-bond acceptors (Lipinski definition) is 2. The van der Waals surface area contributed by atoms with Gasteiger partial charge in [0.25, 0.3) is 0 Å². The van der Waals surface area contributed by atoms with Crippen LogP contribution < -0.4 is 5.43 Å². The second-order valence-electron chi connectivity index (χ2n) is 5.55. The number of nitrogens with zero attached hydrogens (tertiary/aromatic N) is 2. The highest BCUT2D eigenvalue weighted by molar-refractivity contribution is 5.91. The molecule has 110 valence electrons. The van der Waals surface area contributed by atoms with Crippen molar-refractivity contribution in [1.29, 1.82) is 0 Å². The Morgan fingerprint density at radius 3 is 2.82 bits per heavy atom. The molecule has 1 aliphatic rings. The van der Waals surface area contributed by atoms with Gasteiger partial charge in [0.1, 0.15) is 12.1 Å². The van der Waals surface area contributed by atoms with E-state index < -0.39 is 0 Å². The molecule has 1 N–H and O–H groups in total. The first-order valence-electron chi connectivity index (χ1n) is 7.21. The van der Waals surface area contributed by atoms with Gasteiger partial charge in [0.05, 0.1) is 11.0 Å². The zero-order valence-electron chi connectivity index (χ0n) is 11.7. The Kier molecular flexibility index (Phi) is 2.92. The molecule has 0 spiro atoms. The number of carbonyl (C=O) groups excluding carboxylic acids is 1. The van der Waals surface area contributed by atoms with Gasteiger partial charge >= 0.3 is 0 Å². The van der Waals surface area contributed by atoms with E-state index in [1.165, 1.54) is 6.07 Å². The van der Waals surface area contributed by atoms with E-state index in [0.717, 1.165) is 11.0 Å². The quantitative estimate of drug-likeness (QED) is 0.807. The maximum absolute atomic E-state index is 13.8. The molecule has 1 amide bonds. The SMILES string of the molecule is O=C(Nn1cnc2ccccc21)[C@H]1C[C@@H]1c1ccccc1F. The van der Waals surface area contributed by atoms with Crippen molar-refractivity contribution in [3.8, 4) is 0 Å². The molecule has 2 aromatic carbocycles. The number of imidazole rings is 1. The zero-order valence-corrected chi connectivity index (χ0v) is 11.7. The molecule has 22 heavy (non-hydrogen) atoms. The highest BCUT2D eigenvalue weighted by Gasteiger charge is 2.45. The van der Waals surface area contributed by atoms with Crippen molar-refractivity contribution in [3.63, 3.8) is 0 Å². The van der Waals surface area contributed by atoms with Crippen LogP contribution in [-0.4, -0.2) is 15.6 Å². The van der Waals surface area contributed by atoms with Crippen LogP contribution in [0.25, 0.3) is 11.0 Å². The van der Waals surface area contributed by atoms with E-state index in [-0.39, 0.29) is 23.6 Å². The van der Waals surface area contributed by atoms with E-state index >= 15 is 0 Å². The van der Waals surface area contributed by atoms with Gasteiger partial charge in [0.15, 0.2) is 0 Å². The number of carbonyl (C=O) groups is 1. The Bertz CT molecular complexity index is 858. The van der Waals surface area contributed by atoms with Gasteiger partial charge in [0, 0.05) is 5.92 Å². The third-order valence-corrected chi connectivity index (χ3v) is 4.12. The van der Waals surface area contributed by atoms with Crippen LogP contribution in [0.5, 0.6) is 0 Å². The van der Waals surface area contributed by atoms with Gasteiger partial charge in [-0.15, -0.1) is 0 Å². The highest BCUT2D eigenvalue weighted by Crippen LogP contribution is 2.48. The van der Waals surface area contributed by atoms with E-state index in [4.69, 9.17) is 0 Å². The average Bonchev–Trinajstić information content (AvgIpc) is 3.24. The average molecular weight is 295 g/mol. The predicted octanol–water partition coefficient (Wildman–Crippen LogP) is 3.05. The van der Waals surface area contributed by atoms with Crippen LogP contribution in [0, 0.1) is 11.7 Å². The summed E-state index contributed by atoms with van der Waals surface area (Å²) in [5.41, 5.74) is 5.13. The lowest BCUT2D eigenvalue weighted by Gasteiger charge is -2.07. The maximum atomic E-state index is 13.8. The van der Waals surface area contributed by atoms with Gasteiger partial charge in [-0.3, -0.25) is 10.2 Å². The molecule has 1 saturated carbocycles. The number of fused-ring (bicyclic) bond motifs is 1. The van der Waals surface area contributed by atoms with Crippen LogP contribution in [-0.2, 0) is 4.79 Å². The largest absolute Gasteiger partial charge is 0.273 e. The van der Waals surface area contributed by atoms with Crippen molar-refractivity contribution < 1.29 is 9.18 Å². The van der Waals surface area contributed by atoms with Gasteiger partial charge in [0.2, 0.25) is 5.91 Å². The summed E-state index contributed by atoms with van der Waals surface area (Å²) in [4.78, 5) is 16.6. The summed E-state index contributed by atoms with van der Waals surface area (Å²) in [5.74, 6) is -0.554. The van der Waals surface area contributed by atoms with Crippen molar-refractivity contribution in [2.45, 2.75) is 12.3 Å². The van der Waals surface area contributed by atoms with Crippen LogP contribution in [0.15, 0.2) is 54.9 Å². The van der Waals surface area contributed by atoms with Crippen molar-refractivity contribution in [1.82, 2.24) is 9.66 Å². The predicted molar refractivity (Wildman–Crippen MR) is 81.3 cm³/mol. The molecule has 1 aliphatic carbocycles. The third kappa shape index (κ3) is 2.15. The molecular weight excluding hydrogens is 281 g/mol. The maximum Gasteiger partial charge on any atom is 0.242 e. The van der Waals surface area contributed by atoms with Crippen molar-refractivity contribution in [3.05, 3.63) is 66.2 Å². The van der Waals surface area contributed by atoms with E-state index in [2.05, 4.69) is 10.4 Å². The van der Waals surface area contributed by atoms with E-state index in [1.807, 2.05) is 24.3 Å². The monoisotopic (exact) mass is 295 g/mol. The minimum absolute atomic E-state index is 0.0315. The normalized spacial score (nSPS) is 20.0. The Morgan fingerprint density at radius 2 is 1.95 bits per heavy atom. The summed E-state index contributed by atoms with van der Waals surface area (Å²) in [6, 6.07) is 14.2. The number of benzene rings is 2. The lowest BCUT2D eigenvalue weighted by atomic mass is 10.1.